The molecule has 0 rings (SSSR count). The number of ether oxygens (including phenoxy) is 2. The number of rotatable bonds is 71. The number of quaternary nitrogens is 1. The van der Waals surface area contributed by atoms with E-state index in [0.717, 1.165) is 96.3 Å². The average Bonchev–Trinajstić information content (AvgIpc) is 2.23. The van der Waals surface area contributed by atoms with Crippen LogP contribution in [0.4, 0.5) is 0 Å². The van der Waals surface area contributed by atoms with Crippen LogP contribution in [0.5, 0.6) is 0 Å². The number of unbranched alkanes of at least 4 members (excludes halogenated alkanes) is 39. The Labute approximate surface area is 569 Å². The number of phosphoric acid groups is 1. The number of esters is 2. The highest BCUT2D eigenvalue weighted by molar-refractivity contribution is 7.45. The normalized spacial score (nSPS) is 13.7. The number of likely N-dealkylation sites (N-methyl/N-ethyl adjacent to an activating group) is 1. The molecular weight excluding hydrogens is 1160 g/mol. The molecule has 92 heavy (non-hydrogen) atoms. The Morgan fingerprint density at radius 2 is 0.620 bits per heavy atom. The number of phosphoric ester groups is 1. The van der Waals surface area contributed by atoms with Crippen LogP contribution >= 0.6 is 7.82 Å². The minimum atomic E-state index is -4.65. The van der Waals surface area contributed by atoms with E-state index in [2.05, 4.69) is 123 Å². The monoisotopic (exact) mass is 1300 g/mol. The van der Waals surface area contributed by atoms with Crippen molar-refractivity contribution in [3.05, 3.63) is 109 Å². The molecule has 0 bridgehead atoms. The van der Waals surface area contributed by atoms with Crippen molar-refractivity contribution in [1.29, 1.82) is 0 Å². The molecule has 0 aromatic carbocycles. The van der Waals surface area contributed by atoms with Crippen LogP contribution in [0, 0.1) is 0 Å². The summed E-state index contributed by atoms with van der Waals surface area (Å²) < 4.78 is 34.4. The molecule has 0 heterocycles. The highest BCUT2D eigenvalue weighted by atomic mass is 31.2. The van der Waals surface area contributed by atoms with E-state index in [0.29, 0.717) is 17.4 Å². The fraction of sp³-hybridized carbons (Fsp3) is 0.756. The maximum Gasteiger partial charge on any atom is 0.306 e. The summed E-state index contributed by atoms with van der Waals surface area (Å²) in [6, 6.07) is 0. The van der Waals surface area contributed by atoms with Crippen LogP contribution < -0.4 is 4.89 Å². The van der Waals surface area contributed by atoms with E-state index >= 15 is 0 Å². The topological polar surface area (TPSA) is 111 Å². The molecule has 2 unspecified atom stereocenters. The van der Waals surface area contributed by atoms with Crippen LogP contribution in [0.25, 0.3) is 0 Å². The Morgan fingerprint density at radius 3 is 0.924 bits per heavy atom. The Bertz CT molecular complexity index is 1920. The molecule has 0 fully saturated rings. The molecule has 0 aliphatic heterocycles. The predicted molar refractivity (Wildman–Crippen MR) is 397 cm³/mol. The van der Waals surface area contributed by atoms with Gasteiger partial charge in [0, 0.05) is 12.8 Å². The summed E-state index contributed by atoms with van der Waals surface area (Å²) in [4.78, 5) is 38.1. The van der Waals surface area contributed by atoms with E-state index in [1.807, 2.05) is 21.1 Å². The molecule has 10 heteroatoms. The van der Waals surface area contributed by atoms with Crippen molar-refractivity contribution in [2.45, 2.75) is 354 Å². The molecule has 0 N–H and O–H groups in total. The minimum Gasteiger partial charge on any atom is -0.756 e. The summed E-state index contributed by atoms with van der Waals surface area (Å²) in [6.07, 6.45) is 102. The van der Waals surface area contributed by atoms with Gasteiger partial charge in [0.1, 0.15) is 19.8 Å². The fourth-order valence-electron chi connectivity index (χ4n) is 10.9. The van der Waals surface area contributed by atoms with Gasteiger partial charge in [0.25, 0.3) is 7.82 Å². The van der Waals surface area contributed by atoms with Gasteiger partial charge in [0.15, 0.2) is 6.10 Å². The van der Waals surface area contributed by atoms with Crippen molar-refractivity contribution >= 4 is 19.8 Å². The van der Waals surface area contributed by atoms with Gasteiger partial charge >= 0.3 is 11.9 Å². The third kappa shape index (κ3) is 75.7. The molecule has 0 aromatic rings. The van der Waals surface area contributed by atoms with Crippen LogP contribution in [-0.4, -0.2) is 70.0 Å². The SMILES string of the molecule is CC/C=C\C/C=C\C/C=C\C/C=C\C/C=C\C/C=C\C/C=C\C/C=C\C/C=C\CCCCCCCCCCCCCCCC(=O)OC(COC(=O)CCCCCCCCCCCCCCCCCCCCCCCCCCCCC)COP(=O)([O-])OCC[N+](C)(C)C. The van der Waals surface area contributed by atoms with Gasteiger partial charge in [-0.25, -0.2) is 0 Å². The molecule has 0 saturated heterocycles. The summed E-state index contributed by atoms with van der Waals surface area (Å²) in [5.74, 6) is -0.822. The van der Waals surface area contributed by atoms with Crippen LogP contribution in [-0.2, 0) is 32.7 Å². The Morgan fingerprint density at radius 1 is 0.348 bits per heavy atom. The lowest BCUT2D eigenvalue weighted by atomic mass is 10.0. The third-order valence-corrected chi connectivity index (χ3v) is 17.8. The molecule has 0 radical (unpaired) electrons. The van der Waals surface area contributed by atoms with Gasteiger partial charge in [0.2, 0.25) is 0 Å². The van der Waals surface area contributed by atoms with Gasteiger partial charge < -0.3 is 27.9 Å². The summed E-state index contributed by atoms with van der Waals surface area (Å²) in [5.41, 5.74) is 0. The van der Waals surface area contributed by atoms with Crippen LogP contribution in [0.1, 0.15) is 348 Å². The first-order valence-electron chi connectivity index (χ1n) is 38.6. The predicted octanol–water partition coefficient (Wildman–Crippen LogP) is 25.0. The molecule has 0 amide bonds. The van der Waals surface area contributed by atoms with Crippen LogP contribution in [0.3, 0.4) is 0 Å². The molecule has 0 aromatic heterocycles. The zero-order chi connectivity index (χ0) is 66.9. The van der Waals surface area contributed by atoms with Crippen molar-refractivity contribution in [2.24, 2.45) is 0 Å². The first-order valence-corrected chi connectivity index (χ1v) is 40.1. The smallest absolute Gasteiger partial charge is 0.306 e. The van der Waals surface area contributed by atoms with Crippen molar-refractivity contribution in [1.82, 2.24) is 0 Å². The molecule has 0 aliphatic rings. The maximum atomic E-state index is 12.9. The van der Waals surface area contributed by atoms with E-state index < -0.39 is 26.5 Å². The van der Waals surface area contributed by atoms with E-state index in [1.54, 1.807) is 0 Å². The summed E-state index contributed by atoms with van der Waals surface area (Å²) in [5, 5.41) is 0. The lowest BCUT2D eigenvalue weighted by molar-refractivity contribution is -0.870. The fourth-order valence-corrected chi connectivity index (χ4v) is 11.7. The quantitative estimate of drug-likeness (QED) is 0.0195. The molecule has 0 aliphatic carbocycles. The second kappa shape index (κ2) is 72.0. The van der Waals surface area contributed by atoms with Gasteiger partial charge in [-0.2, -0.15) is 0 Å². The van der Waals surface area contributed by atoms with Gasteiger partial charge in [-0.1, -0.05) is 361 Å². The lowest BCUT2D eigenvalue weighted by Crippen LogP contribution is -2.37. The van der Waals surface area contributed by atoms with Crippen LogP contribution in [0.15, 0.2) is 109 Å². The molecular formula is C82H146NO8P. The highest BCUT2D eigenvalue weighted by Crippen LogP contribution is 2.38. The highest BCUT2D eigenvalue weighted by Gasteiger charge is 2.22. The van der Waals surface area contributed by atoms with Gasteiger partial charge in [-0.3, -0.25) is 14.2 Å². The number of allylic oxidation sites excluding steroid dienone is 18. The lowest BCUT2D eigenvalue weighted by Gasteiger charge is -2.28. The standard InChI is InChI=1S/C82H146NO8P/c1-6-8-10-12-14-16-18-20-22-24-26-28-30-32-34-35-36-37-38-39-40-41-42-43-44-45-46-47-49-51-53-55-57-59-61-63-65-67-69-71-73-75-82(85)91-80(79-90-92(86,87)89-77-76-83(3,4)5)78-88-81(84)74-72-70-68-66-64-62-60-58-56-54-52-50-48-33-31-29-27-25-23-21-19-17-15-13-11-9-7-2/h8,10,14,16,20,22,26,28,32,34,36-37,39-40,42-43,45-46,80H,6-7,9,11-13,15,17-19,21,23-25,27,29-31,33,35,38,41,44,47-79H2,1-5H3/b10-8-,16-14-,22-20-,28-26-,34-32-,37-36-,40-39-,43-42-,46-45-. The van der Waals surface area contributed by atoms with E-state index in [9.17, 15) is 19.0 Å². The van der Waals surface area contributed by atoms with Crippen molar-refractivity contribution in [3.63, 3.8) is 0 Å². The molecule has 2 atom stereocenters. The molecule has 0 spiro atoms. The van der Waals surface area contributed by atoms with Crippen molar-refractivity contribution in [2.75, 3.05) is 47.5 Å². The number of nitrogens with zero attached hydrogens (tertiary/aromatic N) is 1. The summed E-state index contributed by atoms with van der Waals surface area (Å²) in [6.45, 7) is 4.17. The zero-order valence-corrected chi connectivity index (χ0v) is 61.6. The first kappa shape index (κ1) is 88.7. The van der Waals surface area contributed by atoms with E-state index in [-0.39, 0.29) is 32.0 Å². The Kier molecular flexibility index (Phi) is 69.3. The van der Waals surface area contributed by atoms with Crippen molar-refractivity contribution in [3.8, 4) is 0 Å². The minimum absolute atomic E-state index is 0.0324. The number of hydrogen-bond acceptors (Lipinski definition) is 8. The number of carbonyl (C=O) groups excluding carboxylic acids is 2. The number of carbonyl (C=O) groups is 2. The first-order chi connectivity index (χ1) is 45.0. The Balaban J connectivity index is 4.00. The van der Waals surface area contributed by atoms with E-state index in [4.69, 9.17) is 18.5 Å². The van der Waals surface area contributed by atoms with Crippen LogP contribution in [0.2, 0.25) is 0 Å². The zero-order valence-electron chi connectivity index (χ0n) is 60.7. The van der Waals surface area contributed by atoms with E-state index in [1.165, 1.54) is 218 Å². The van der Waals surface area contributed by atoms with Gasteiger partial charge in [0.05, 0.1) is 27.7 Å². The largest absolute Gasteiger partial charge is 0.756 e. The second-order valence-corrected chi connectivity index (χ2v) is 28.4. The number of hydrogen-bond donors (Lipinski definition) is 0. The molecule has 532 valence electrons. The van der Waals surface area contributed by atoms with Gasteiger partial charge in [-0.15, -0.1) is 0 Å². The molecule has 9 nitrogen and oxygen atoms in total. The summed E-state index contributed by atoms with van der Waals surface area (Å²) in [7, 11) is 1.17. The Hall–Kier alpha value is -3.33. The summed E-state index contributed by atoms with van der Waals surface area (Å²) >= 11 is 0. The average molecular weight is 1310 g/mol. The maximum absolute atomic E-state index is 12.9. The molecule has 0 saturated carbocycles. The second-order valence-electron chi connectivity index (χ2n) is 27.0. The van der Waals surface area contributed by atoms with Crippen molar-refractivity contribution < 1.29 is 42.1 Å². The van der Waals surface area contributed by atoms with Gasteiger partial charge in [-0.05, 0) is 83.5 Å². The third-order valence-electron chi connectivity index (χ3n) is 16.8.